The SMILES string of the molecule is ClCc1cc2c(s1)CCCCCC2. The van der Waals surface area contributed by atoms with E-state index >= 15 is 0 Å². The van der Waals surface area contributed by atoms with Crippen LogP contribution >= 0.6 is 22.9 Å². The molecule has 0 saturated heterocycles. The second kappa shape index (κ2) is 4.47. The molecule has 2 rings (SSSR count). The van der Waals surface area contributed by atoms with Crippen LogP contribution in [0.25, 0.3) is 0 Å². The standard InChI is InChI=1S/C11H15ClS/c12-8-10-7-9-5-3-1-2-4-6-11(9)13-10/h7H,1-6,8H2. The number of halogens is 1. The van der Waals surface area contributed by atoms with Gasteiger partial charge in [-0.3, -0.25) is 0 Å². The molecule has 1 aliphatic carbocycles. The summed E-state index contributed by atoms with van der Waals surface area (Å²) in [5.41, 5.74) is 1.58. The molecule has 0 saturated carbocycles. The molecule has 0 nitrogen and oxygen atoms in total. The average molecular weight is 215 g/mol. The molecule has 0 fully saturated rings. The molecule has 0 atom stereocenters. The molecule has 1 aromatic rings. The van der Waals surface area contributed by atoms with E-state index in [1.807, 2.05) is 11.3 Å². The number of hydrogen-bond donors (Lipinski definition) is 0. The topological polar surface area (TPSA) is 0 Å². The first-order chi connectivity index (χ1) is 6.40. The molecule has 0 unspecified atom stereocenters. The Kier molecular flexibility index (Phi) is 3.28. The van der Waals surface area contributed by atoms with E-state index in [0.29, 0.717) is 5.88 Å². The van der Waals surface area contributed by atoms with Gasteiger partial charge in [-0.25, -0.2) is 0 Å². The zero-order valence-corrected chi connectivity index (χ0v) is 9.39. The molecule has 1 aromatic heterocycles. The lowest BCUT2D eigenvalue weighted by molar-refractivity contribution is 0.622. The van der Waals surface area contributed by atoms with Crippen molar-refractivity contribution in [2.75, 3.05) is 0 Å². The van der Waals surface area contributed by atoms with Crippen molar-refractivity contribution in [3.8, 4) is 0 Å². The summed E-state index contributed by atoms with van der Waals surface area (Å²) in [6.07, 6.45) is 8.12. The number of hydrogen-bond acceptors (Lipinski definition) is 1. The van der Waals surface area contributed by atoms with Crippen molar-refractivity contribution in [3.63, 3.8) is 0 Å². The van der Waals surface area contributed by atoms with Crippen LogP contribution in [0.15, 0.2) is 6.07 Å². The molecule has 0 bridgehead atoms. The van der Waals surface area contributed by atoms with Crippen molar-refractivity contribution in [1.29, 1.82) is 0 Å². The van der Waals surface area contributed by atoms with E-state index in [9.17, 15) is 0 Å². The lowest BCUT2D eigenvalue weighted by atomic mass is 10.00. The van der Waals surface area contributed by atoms with E-state index in [0.717, 1.165) is 0 Å². The van der Waals surface area contributed by atoms with E-state index in [1.54, 1.807) is 10.4 Å². The van der Waals surface area contributed by atoms with Crippen molar-refractivity contribution >= 4 is 22.9 Å². The van der Waals surface area contributed by atoms with E-state index in [-0.39, 0.29) is 0 Å². The summed E-state index contributed by atoms with van der Waals surface area (Å²) in [6.45, 7) is 0. The maximum atomic E-state index is 5.84. The van der Waals surface area contributed by atoms with Gasteiger partial charge in [-0.15, -0.1) is 22.9 Å². The van der Waals surface area contributed by atoms with Gasteiger partial charge in [-0.1, -0.05) is 12.8 Å². The van der Waals surface area contributed by atoms with Crippen LogP contribution < -0.4 is 0 Å². The van der Waals surface area contributed by atoms with Gasteiger partial charge < -0.3 is 0 Å². The Morgan fingerprint density at radius 3 is 2.69 bits per heavy atom. The molecule has 0 spiro atoms. The predicted octanol–water partition coefficient (Wildman–Crippen LogP) is 4.15. The predicted molar refractivity (Wildman–Crippen MR) is 59.8 cm³/mol. The molecule has 0 amide bonds. The van der Waals surface area contributed by atoms with Crippen molar-refractivity contribution in [3.05, 3.63) is 21.4 Å². The monoisotopic (exact) mass is 214 g/mol. The van der Waals surface area contributed by atoms with Crippen molar-refractivity contribution in [2.45, 2.75) is 44.4 Å². The first-order valence-corrected chi connectivity index (χ1v) is 6.41. The van der Waals surface area contributed by atoms with E-state index in [2.05, 4.69) is 6.07 Å². The molecule has 0 aromatic carbocycles. The van der Waals surface area contributed by atoms with Gasteiger partial charge in [-0.05, 0) is 37.3 Å². The largest absolute Gasteiger partial charge is 0.144 e. The average Bonchev–Trinajstić information content (AvgIpc) is 2.47. The number of rotatable bonds is 1. The van der Waals surface area contributed by atoms with E-state index in [1.165, 1.54) is 43.4 Å². The highest BCUT2D eigenvalue weighted by atomic mass is 35.5. The fourth-order valence-electron chi connectivity index (χ4n) is 1.97. The molecule has 0 aliphatic heterocycles. The van der Waals surface area contributed by atoms with E-state index < -0.39 is 0 Å². The van der Waals surface area contributed by atoms with Crippen LogP contribution in [0.1, 0.15) is 41.0 Å². The quantitative estimate of drug-likeness (QED) is 0.617. The minimum Gasteiger partial charge on any atom is -0.144 e. The summed E-state index contributed by atoms with van der Waals surface area (Å²) in [6, 6.07) is 2.32. The van der Waals surface area contributed by atoms with Crippen LogP contribution in [-0.4, -0.2) is 0 Å². The van der Waals surface area contributed by atoms with Gasteiger partial charge in [-0.2, -0.15) is 0 Å². The number of alkyl halides is 1. The first-order valence-electron chi connectivity index (χ1n) is 5.06. The molecular formula is C11H15ClS. The Labute approximate surface area is 88.9 Å². The zero-order valence-electron chi connectivity index (χ0n) is 7.81. The Morgan fingerprint density at radius 1 is 1.15 bits per heavy atom. The van der Waals surface area contributed by atoms with Crippen LogP contribution in [0.5, 0.6) is 0 Å². The van der Waals surface area contributed by atoms with Gasteiger partial charge in [0.15, 0.2) is 0 Å². The van der Waals surface area contributed by atoms with Gasteiger partial charge in [0, 0.05) is 9.75 Å². The second-order valence-electron chi connectivity index (χ2n) is 3.71. The molecule has 13 heavy (non-hydrogen) atoms. The maximum Gasteiger partial charge on any atom is 0.0568 e. The van der Waals surface area contributed by atoms with Crippen LogP contribution in [0.2, 0.25) is 0 Å². The maximum absolute atomic E-state index is 5.84. The van der Waals surface area contributed by atoms with Crippen LogP contribution in [0.3, 0.4) is 0 Å². The minimum atomic E-state index is 0.692. The second-order valence-corrected chi connectivity index (χ2v) is 5.20. The molecule has 0 radical (unpaired) electrons. The van der Waals surface area contributed by atoms with E-state index in [4.69, 9.17) is 11.6 Å². The smallest absolute Gasteiger partial charge is 0.0568 e. The fourth-order valence-corrected chi connectivity index (χ4v) is 3.32. The first kappa shape index (κ1) is 9.54. The van der Waals surface area contributed by atoms with Crippen molar-refractivity contribution in [1.82, 2.24) is 0 Å². The Hall–Kier alpha value is -0.0100. The number of thiophene rings is 1. The molecule has 0 N–H and O–H groups in total. The van der Waals surface area contributed by atoms with Crippen molar-refractivity contribution in [2.24, 2.45) is 0 Å². The lowest BCUT2D eigenvalue weighted by Gasteiger charge is -2.07. The van der Waals surface area contributed by atoms with Gasteiger partial charge in [0.05, 0.1) is 5.88 Å². The van der Waals surface area contributed by atoms with Gasteiger partial charge >= 0.3 is 0 Å². The number of aryl methyl sites for hydroxylation is 2. The zero-order chi connectivity index (χ0) is 9.10. The highest BCUT2D eigenvalue weighted by Crippen LogP contribution is 2.29. The van der Waals surface area contributed by atoms with Gasteiger partial charge in [0.25, 0.3) is 0 Å². The summed E-state index contributed by atoms with van der Waals surface area (Å²) in [4.78, 5) is 2.96. The van der Waals surface area contributed by atoms with Gasteiger partial charge in [0.1, 0.15) is 0 Å². The normalized spacial score (nSPS) is 17.6. The summed E-state index contributed by atoms with van der Waals surface area (Å²) >= 11 is 7.76. The summed E-state index contributed by atoms with van der Waals surface area (Å²) in [5.74, 6) is 0.692. The summed E-state index contributed by atoms with van der Waals surface area (Å²) < 4.78 is 0. The minimum absolute atomic E-state index is 0.692. The third-order valence-corrected chi connectivity index (χ3v) is 4.36. The molecule has 72 valence electrons. The number of fused-ring (bicyclic) bond motifs is 1. The van der Waals surface area contributed by atoms with Crippen LogP contribution in [0, 0.1) is 0 Å². The van der Waals surface area contributed by atoms with Crippen molar-refractivity contribution < 1.29 is 0 Å². The molecular weight excluding hydrogens is 200 g/mol. The summed E-state index contributed by atoms with van der Waals surface area (Å²) in [7, 11) is 0. The van der Waals surface area contributed by atoms with Crippen LogP contribution in [0.4, 0.5) is 0 Å². The Morgan fingerprint density at radius 2 is 1.92 bits per heavy atom. The summed E-state index contributed by atoms with van der Waals surface area (Å²) in [5, 5.41) is 0. The van der Waals surface area contributed by atoms with Gasteiger partial charge in [0.2, 0.25) is 0 Å². The lowest BCUT2D eigenvalue weighted by Crippen LogP contribution is -1.94. The molecule has 1 heterocycles. The Bertz CT molecular complexity index is 252. The Balaban J connectivity index is 2.21. The third-order valence-electron chi connectivity index (χ3n) is 2.68. The molecule has 2 heteroatoms. The fraction of sp³-hybridized carbons (Fsp3) is 0.636. The highest BCUT2D eigenvalue weighted by molar-refractivity contribution is 7.12. The third kappa shape index (κ3) is 2.26. The molecule has 1 aliphatic rings. The van der Waals surface area contributed by atoms with Crippen LogP contribution in [-0.2, 0) is 18.7 Å². The highest BCUT2D eigenvalue weighted by Gasteiger charge is 2.10.